The highest BCUT2D eigenvalue weighted by atomic mass is 16.5. The van der Waals surface area contributed by atoms with Crippen LogP contribution in [0.25, 0.3) is 0 Å². The molecule has 0 atom stereocenters. The monoisotopic (exact) mass is 235 g/mol. The van der Waals surface area contributed by atoms with Crippen LogP contribution in [-0.2, 0) is 0 Å². The zero-order chi connectivity index (χ0) is 12.8. The van der Waals surface area contributed by atoms with Crippen LogP contribution in [0.5, 0.6) is 5.75 Å². The first-order valence-electron chi connectivity index (χ1n) is 6.01. The van der Waals surface area contributed by atoms with Crippen molar-refractivity contribution in [2.24, 2.45) is 5.92 Å². The van der Waals surface area contributed by atoms with Gasteiger partial charge in [0, 0.05) is 17.7 Å². The Labute approximate surface area is 103 Å². The molecule has 0 aliphatic rings. The predicted molar refractivity (Wildman–Crippen MR) is 70.4 cm³/mol. The molecule has 0 radical (unpaired) electrons. The average molecular weight is 235 g/mol. The summed E-state index contributed by atoms with van der Waals surface area (Å²) in [4.78, 5) is 12.0. The molecule has 0 saturated carbocycles. The number of Topliss-reactive ketones (excluding diaryl/α,β-unsaturated/α-hetero) is 1. The van der Waals surface area contributed by atoms with E-state index in [9.17, 15) is 4.79 Å². The standard InChI is InChI=1S/C14H21NO2/c1-10(2)5-4-6-14(16)12-9-11(17-3)7-8-13(12)15/h7-10H,4-6,15H2,1-3H3. The maximum absolute atomic E-state index is 12.0. The molecule has 0 aliphatic heterocycles. The van der Waals surface area contributed by atoms with Gasteiger partial charge in [0.05, 0.1) is 7.11 Å². The van der Waals surface area contributed by atoms with Crippen molar-refractivity contribution in [1.82, 2.24) is 0 Å². The van der Waals surface area contributed by atoms with E-state index in [1.165, 1.54) is 0 Å². The molecule has 0 heterocycles. The summed E-state index contributed by atoms with van der Waals surface area (Å²) in [6, 6.07) is 5.20. The molecule has 2 N–H and O–H groups in total. The summed E-state index contributed by atoms with van der Waals surface area (Å²) < 4.78 is 5.09. The van der Waals surface area contributed by atoms with Gasteiger partial charge in [-0.05, 0) is 30.5 Å². The van der Waals surface area contributed by atoms with Gasteiger partial charge in [-0.15, -0.1) is 0 Å². The maximum Gasteiger partial charge on any atom is 0.165 e. The molecule has 0 saturated heterocycles. The number of methoxy groups -OCH3 is 1. The highest BCUT2D eigenvalue weighted by molar-refractivity contribution is 6.01. The fraction of sp³-hybridized carbons (Fsp3) is 0.500. The molecule has 0 fully saturated rings. The average Bonchev–Trinajstić information content (AvgIpc) is 2.29. The number of rotatable bonds is 6. The highest BCUT2D eigenvalue weighted by Gasteiger charge is 2.11. The van der Waals surface area contributed by atoms with Gasteiger partial charge >= 0.3 is 0 Å². The lowest BCUT2D eigenvalue weighted by Gasteiger charge is -2.08. The van der Waals surface area contributed by atoms with Gasteiger partial charge in [-0.25, -0.2) is 0 Å². The van der Waals surface area contributed by atoms with Crippen LogP contribution in [0.3, 0.4) is 0 Å². The summed E-state index contributed by atoms with van der Waals surface area (Å²) in [5, 5.41) is 0. The Balaban J connectivity index is 2.67. The molecule has 0 unspecified atom stereocenters. The van der Waals surface area contributed by atoms with E-state index in [-0.39, 0.29) is 5.78 Å². The molecule has 17 heavy (non-hydrogen) atoms. The largest absolute Gasteiger partial charge is 0.497 e. The minimum Gasteiger partial charge on any atom is -0.497 e. The lowest BCUT2D eigenvalue weighted by Crippen LogP contribution is -2.04. The summed E-state index contributed by atoms with van der Waals surface area (Å²) in [6.45, 7) is 4.31. The molecule has 0 spiro atoms. The van der Waals surface area contributed by atoms with Crippen LogP contribution >= 0.6 is 0 Å². The minimum absolute atomic E-state index is 0.0991. The third-order valence-corrected chi connectivity index (χ3v) is 2.75. The van der Waals surface area contributed by atoms with Crippen LogP contribution in [0.15, 0.2) is 18.2 Å². The van der Waals surface area contributed by atoms with E-state index in [4.69, 9.17) is 10.5 Å². The van der Waals surface area contributed by atoms with Crippen LogP contribution in [0.4, 0.5) is 5.69 Å². The number of carbonyl (C=O) groups excluding carboxylic acids is 1. The molecule has 1 aromatic rings. The van der Waals surface area contributed by atoms with Crippen LogP contribution in [0, 0.1) is 5.92 Å². The molecule has 94 valence electrons. The third kappa shape index (κ3) is 4.10. The Morgan fingerprint density at radius 1 is 1.41 bits per heavy atom. The van der Waals surface area contributed by atoms with E-state index < -0.39 is 0 Å². The van der Waals surface area contributed by atoms with E-state index in [0.717, 1.165) is 12.8 Å². The van der Waals surface area contributed by atoms with Gasteiger partial charge in [0.1, 0.15) is 5.75 Å². The number of nitrogens with two attached hydrogens (primary N) is 1. The first-order chi connectivity index (χ1) is 8.04. The van der Waals surface area contributed by atoms with E-state index in [0.29, 0.717) is 29.3 Å². The van der Waals surface area contributed by atoms with Gasteiger partial charge in [-0.1, -0.05) is 20.3 Å². The molecular weight excluding hydrogens is 214 g/mol. The van der Waals surface area contributed by atoms with Crippen molar-refractivity contribution in [3.8, 4) is 5.75 Å². The number of nitrogen functional groups attached to an aromatic ring is 1. The van der Waals surface area contributed by atoms with Gasteiger partial charge in [-0.3, -0.25) is 4.79 Å². The predicted octanol–water partition coefficient (Wildman–Crippen LogP) is 3.29. The van der Waals surface area contributed by atoms with E-state index >= 15 is 0 Å². The number of benzene rings is 1. The molecule has 0 aromatic heterocycles. The first-order valence-corrected chi connectivity index (χ1v) is 6.01. The SMILES string of the molecule is COc1ccc(N)c(C(=O)CCCC(C)C)c1. The van der Waals surface area contributed by atoms with Crippen LogP contribution in [0.2, 0.25) is 0 Å². The highest BCUT2D eigenvalue weighted by Crippen LogP contribution is 2.22. The Kier molecular flexibility index (Phi) is 5.01. The number of ether oxygens (including phenoxy) is 1. The summed E-state index contributed by atoms with van der Waals surface area (Å²) in [7, 11) is 1.58. The second-order valence-corrected chi connectivity index (χ2v) is 4.66. The summed E-state index contributed by atoms with van der Waals surface area (Å²) in [5.74, 6) is 1.40. The molecule has 1 rings (SSSR count). The number of hydrogen-bond donors (Lipinski definition) is 1. The van der Waals surface area contributed by atoms with Crippen LogP contribution in [-0.4, -0.2) is 12.9 Å². The van der Waals surface area contributed by atoms with Crippen LogP contribution < -0.4 is 10.5 Å². The Hall–Kier alpha value is -1.51. The zero-order valence-electron chi connectivity index (χ0n) is 10.8. The lowest BCUT2D eigenvalue weighted by atomic mass is 10.0. The second kappa shape index (κ2) is 6.28. The van der Waals surface area contributed by atoms with Crippen LogP contribution in [0.1, 0.15) is 43.5 Å². The summed E-state index contributed by atoms with van der Waals surface area (Å²) in [6.07, 6.45) is 2.53. The molecule has 3 heteroatoms. The maximum atomic E-state index is 12.0. The smallest absolute Gasteiger partial charge is 0.165 e. The molecule has 0 bridgehead atoms. The van der Waals surface area contributed by atoms with E-state index in [1.54, 1.807) is 25.3 Å². The van der Waals surface area contributed by atoms with Gasteiger partial charge in [0.2, 0.25) is 0 Å². The number of hydrogen-bond acceptors (Lipinski definition) is 3. The second-order valence-electron chi connectivity index (χ2n) is 4.66. The Bertz CT molecular complexity index is 386. The van der Waals surface area contributed by atoms with Crippen molar-refractivity contribution in [1.29, 1.82) is 0 Å². The van der Waals surface area contributed by atoms with Crippen molar-refractivity contribution >= 4 is 11.5 Å². The van der Waals surface area contributed by atoms with Crippen molar-refractivity contribution in [3.05, 3.63) is 23.8 Å². The van der Waals surface area contributed by atoms with Gasteiger partial charge in [-0.2, -0.15) is 0 Å². The fourth-order valence-corrected chi connectivity index (χ4v) is 1.71. The Morgan fingerprint density at radius 3 is 2.71 bits per heavy atom. The summed E-state index contributed by atoms with van der Waals surface area (Å²) >= 11 is 0. The normalized spacial score (nSPS) is 10.6. The van der Waals surface area contributed by atoms with Crippen molar-refractivity contribution in [3.63, 3.8) is 0 Å². The zero-order valence-corrected chi connectivity index (χ0v) is 10.8. The number of carbonyl (C=O) groups is 1. The first kappa shape index (κ1) is 13.6. The molecule has 3 nitrogen and oxygen atoms in total. The molecule has 1 aromatic carbocycles. The van der Waals surface area contributed by atoms with Crippen molar-refractivity contribution in [2.75, 3.05) is 12.8 Å². The van der Waals surface area contributed by atoms with E-state index in [1.807, 2.05) is 0 Å². The van der Waals surface area contributed by atoms with Gasteiger partial charge < -0.3 is 10.5 Å². The third-order valence-electron chi connectivity index (χ3n) is 2.75. The molecule has 0 amide bonds. The van der Waals surface area contributed by atoms with Gasteiger partial charge in [0.25, 0.3) is 0 Å². The quantitative estimate of drug-likeness (QED) is 0.608. The summed E-state index contributed by atoms with van der Waals surface area (Å²) in [5.41, 5.74) is 6.91. The van der Waals surface area contributed by atoms with Gasteiger partial charge in [0.15, 0.2) is 5.78 Å². The lowest BCUT2D eigenvalue weighted by molar-refractivity contribution is 0.0979. The fourth-order valence-electron chi connectivity index (χ4n) is 1.71. The van der Waals surface area contributed by atoms with Crippen molar-refractivity contribution < 1.29 is 9.53 Å². The molecule has 0 aliphatic carbocycles. The van der Waals surface area contributed by atoms with E-state index in [2.05, 4.69) is 13.8 Å². The Morgan fingerprint density at radius 2 is 2.12 bits per heavy atom. The topological polar surface area (TPSA) is 52.3 Å². The number of ketones is 1. The van der Waals surface area contributed by atoms with Crippen molar-refractivity contribution in [2.45, 2.75) is 33.1 Å². The molecular formula is C14H21NO2. The minimum atomic E-state index is 0.0991. The number of anilines is 1.